The molecular weight excluding hydrogens is 292 g/mol. The standard InChI is InChI=1S/C19H20O2S/c1-15(18(20)13-12-16-8-4-2-5-9-16)19(21)22-14-17-10-6-3-7-11-17/h2-13,15,18,20H,14H2,1H3/b13-12+/t15-,18-/m0/s1. The number of rotatable bonds is 6. The third-order valence-electron chi connectivity index (χ3n) is 3.39. The minimum atomic E-state index is -0.768. The lowest BCUT2D eigenvalue weighted by Gasteiger charge is -2.13. The van der Waals surface area contributed by atoms with Crippen molar-refractivity contribution in [2.45, 2.75) is 18.8 Å². The van der Waals surface area contributed by atoms with Crippen LogP contribution in [0, 0.1) is 5.92 Å². The van der Waals surface area contributed by atoms with E-state index in [-0.39, 0.29) is 5.12 Å². The lowest BCUT2D eigenvalue weighted by molar-refractivity contribution is -0.116. The first kappa shape index (κ1) is 16.5. The van der Waals surface area contributed by atoms with E-state index < -0.39 is 12.0 Å². The van der Waals surface area contributed by atoms with E-state index in [1.54, 1.807) is 13.0 Å². The van der Waals surface area contributed by atoms with Gasteiger partial charge in [-0.05, 0) is 11.1 Å². The van der Waals surface area contributed by atoms with Gasteiger partial charge >= 0.3 is 0 Å². The summed E-state index contributed by atoms with van der Waals surface area (Å²) < 4.78 is 0. The van der Waals surface area contributed by atoms with Crippen molar-refractivity contribution in [1.29, 1.82) is 0 Å². The van der Waals surface area contributed by atoms with Crippen molar-refractivity contribution in [3.05, 3.63) is 77.9 Å². The summed E-state index contributed by atoms with van der Waals surface area (Å²) in [7, 11) is 0. The smallest absolute Gasteiger partial charge is 0.194 e. The number of aliphatic hydroxyl groups is 1. The fourth-order valence-corrected chi connectivity index (χ4v) is 2.84. The van der Waals surface area contributed by atoms with E-state index in [9.17, 15) is 9.90 Å². The van der Waals surface area contributed by atoms with E-state index in [0.29, 0.717) is 5.75 Å². The molecule has 114 valence electrons. The van der Waals surface area contributed by atoms with E-state index in [0.717, 1.165) is 11.1 Å². The third kappa shape index (κ3) is 5.17. The van der Waals surface area contributed by atoms with E-state index in [4.69, 9.17) is 0 Å². The average Bonchev–Trinajstić information content (AvgIpc) is 2.58. The highest BCUT2D eigenvalue weighted by molar-refractivity contribution is 8.13. The molecule has 1 N–H and O–H groups in total. The predicted octanol–water partition coefficient (Wildman–Crippen LogP) is 4.16. The number of hydrogen-bond donors (Lipinski definition) is 1. The number of benzene rings is 2. The molecule has 0 unspecified atom stereocenters. The Morgan fingerprint density at radius 1 is 1.09 bits per heavy atom. The van der Waals surface area contributed by atoms with Crippen molar-refractivity contribution in [2.24, 2.45) is 5.92 Å². The summed E-state index contributed by atoms with van der Waals surface area (Å²) in [5, 5.41) is 10.1. The topological polar surface area (TPSA) is 37.3 Å². The van der Waals surface area contributed by atoms with E-state index >= 15 is 0 Å². The van der Waals surface area contributed by atoms with Crippen LogP contribution in [0.15, 0.2) is 66.7 Å². The molecule has 0 spiro atoms. The molecule has 0 heterocycles. The lowest BCUT2D eigenvalue weighted by Crippen LogP contribution is -2.21. The highest BCUT2D eigenvalue weighted by Gasteiger charge is 2.20. The summed E-state index contributed by atoms with van der Waals surface area (Å²) in [6, 6.07) is 19.6. The van der Waals surface area contributed by atoms with Crippen molar-refractivity contribution in [3.63, 3.8) is 0 Å². The quantitative estimate of drug-likeness (QED) is 0.870. The van der Waals surface area contributed by atoms with Crippen LogP contribution in [0.4, 0.5) is 0 Å². The molecule has 2 aromatic carbocycles. The molecule has 0 aromatic heterocycles. The summed E-state index contributed by atoms with van der Waals surface area (Å²) in [5.74, 6) is 0.216. The predicted molar refractivity (Wildman–Crippen MR) is 93.4 cm³/mol. The Kier molecular flexibility index (Phi) is 6.44. The maximum atomic E-state index is 12.1. The average molecular weight is 312 g/mol. The molecule has 2 rings (SSSR count). The number of carbonyl (C=O) groups excluding carboxylic acids is 1. The van der Waals surface area contributed by atoms with Gasteiger partial charge in [-0.25, -0.2) is 0 Å². The molecule has 3 heteroatoms. The lowest BCUT2D eigenvalue weighted by atomic mass is 10.1. The second-order valence-corrected chi connectivity index (χ2v) is 6.12. The largest absolute Gasteiger partial charge is 0.388 e. The first-order chi connectivity index (χ1) is 10.7. The molecule has 2 atom stereocenters. The highest BCUT2D eigenvalue weighted by Crippen LogP contribution is 2.20. The van der Waals surface area contributed by atoms with Gasteiger partial charge in [-0.1, -0.05) is 91.5 Å². The van der Waals surface area contributed by atoms with Gasteiger partial charge in [0.05, 0.1) is 12.0 Å². The highest BCUT2D eigenvalue weighted by atomic mass is 32.2. The fraction of sp³-hybridized carbons (Fsp3) is 0.211. The molecule has 2 aromatic rings. The maximum Gasteiger partial charge on any atom is 0.194 e. The summed E-state index contributed by atoms with van der Waals surface area (Å²) in [6.07, 6.45) is 2.76. The number of carbonyl (C=O) groups is 1. The molecule has 0 fully saturated rings. The Balaban J connectivity index is 1.85. The summed E-state index contributed by atoms with van der Waals surface area (Å²) in [5.41, 5.74) is 2.13. The number of aliphatic hydroxyl groups excluding tert-OH is 1. The molecule has 22 heavy (non-hydrogen) atoms. The number of thioether (sulfide) groups is 1. The Morgan fingerprint density at radius 3 is 2.32 bits per heavy atom. The van der Waals surface area contributed by atoms with Gasteiger partial charge in [0, 0.05) is 5.75 Å². The van der Waals surface area contributed by atoms with E-state index in [1.807, 2.05) is 66.7 Å². The van der Waals surface area contributed by atoms with Crippen molar-refractivity contribution >= 4 is 23.0 Å². The van der Waals surface area contributed by atoms with Gasteiger partial charge < -0.3 is 5.11 Å². The summed E-state index contributed by atoms with van der Waals surface area (Å²) >= 11 is 1.25. The van der Waals surface area contributed by atoms with Crippen LogP contribution in [0.3, 0.4) is 0 Å². The van der Waals surface area contributed by atoms with Gasteiger partial charge in [-0.15, -0.1) is 0 Å². The minimum Gasteiger partial charge on any atom is -0.388 e. The van der Waals surface area contributed by atoms with Crippen LogP contribution >= 0.6 is 11.8 Å². The van der Waals surface area contributed by atoms with E-state index in [2.05, 4.69) is 0 Å². The van der Waals surface area contributed by atoms with Gasteiger partial charge in [0.15, 0.2) is 5.12 Å². The van der Waals surface area contributed by atoms with Gasteiger partial charge in [-0.2, -0.15) is 0 Å². The molecule has 0 saturated heterocycles. The second kappa shape index (κ2) is 8.57. The molecule has 0 aliphatic rings. The molecule has 0 radical (unpaired) electrons. The zero-order valence-corrected chi connectivity index (χ0v) is 13.4. The third-order valence-corrected chi connectivity index (χ3v) is 4.53. The van der Waals surface area contributed by atoms with Crippen LogP contribution in [0.2, 0.25) is 0 Å². The molecular formula is C19H20O2S. The van der Waals surface area contributed by atoms with Gasteiger partial charge in [0.2, 0.25) is 0 Å². The summed E-state index contributed by atoms with van der Waals surface area (Å²) in [4.78, 5) is 12.1. The monoisotopic (exact) mass is 312 g/mol. The Morgan fingerprint density at radius 2 is 1.68 bits per heavy atom. The molecule has 0 saturated carbocycles. The van der Waals surface area contributed by atoms with Crippen molar-refractivity contribution in [3.8, 4) is 0 Å². The van der Waals surface area contributed by atoms with Crippen LogP contribution in [0.25, 0.3) is 6.08 Å². The minimum absolute atomic E-state index is 0.00839. The van der Waals surface area contributed by atoms with Crippen LogP contribution in [-0.2, 0) is 10.5 Å². The SMILES string of the molecule is C[C@H](C(=O)SCc1ccccc1)[C@@H](O)/C=C/c1ccccc1. The zero-order valence-electron chi connectivity index (χ0n) is 12.6. The van der Waals surface area contributed by atoms with Crippen molar-refractivity contribution < 1.29 is 9.90 Å². The van der Waals surface area contributed by atoms with Gasteiger partial charge in [-0.3, -0.25) is 4.79 Å². The van der Waals surface area contributed by atoms with Crippen LogP contribution in [0.5, 0.6) is 0 Å². The zero-order chi connectivity index (χ0) is 15.8. The molecule has 2 nitrogen and oxygen atoms in total. The van der Waals surface area contributed by atoms with Gasteiger partial charge in [0.1, 0.15) is 0 Å². The normalized spacial score (nSPS) is 13.9. The van der Waals surface area contributed by atoms with Crippen molar-refractivity contribution in [1.82, 2.24) is 0 Å². The van der Waals surface area contributed by atoms with Crippen molar-refractivity contribution in [2.75, 3.05) is 0 Å². The molecule has 0 bridgehead atoms. The Bertz CT molecular complexity index is 608. The Labute approximate surface area is 135 Å². The maximum absolute atomic E-state index is 12.1. The van der Waals surface area contributed by atoms with Crippen LogP contribution in [-0.4, -0.2) is 16.3 Å². The number of hydrogen-bond acceptors (Lipinski definition) is 3. The van der Waals surface area contributed by atoms with Crippen LogP contribution in [0.1, 0.15) is 18.1 Å². The first-order valence-electron chi connectivity index (χ1n) is 7.28. The fourth-order valence-electron chi connectivity index (χ4n) is 1.94. The summed E-state index contributed by atoms with van der Waals surface area (Å²) in [6.45, 7) is 1.76. The second-order valence-electron chi connectivity index (χ2n) is 5.14. The first-order valence-corrected chi connectivity index (χ1v) is 8.27. The molecule has 0 aliphatic heterocycles. The molecule has 0 aliphatic carbocycles. The van der Waals surface area contributed by atoms with Gasteiger partial charge in [0.25, 0.3) is 0 Å². The Hall–Kier alpha value is -1.84. The molecule has 0 amide bonds. The van der Waals surface area contributed by atoms with E-state index in [1.165, 1.54) is 11.8 Å². The van der Waals surface area contributed by atoms with Crippen LogP contribution < -0.4 is 0 Å².